The van der Waals surface area contributed by atoms with Gasteiger partial charge < -0.3 is 9.64 Å². The summed E-state index contributed by atoms with van der Waals surface area (Å²) in [5.74, 6) is 1.09. The van der Waals surface area contributed by atoms with Gasteiger partial charge in [-0.1, -0.05) is 49.7 Å². The van der Waals surface area contributed by atoms with Gasteiger partial charge in [-0.15, -0.1) is 0 Å². The van der Waals surface area contributed by atoms with Crippen LogP contribution in [0.3, 0.4) is 0 Å². The van der Waals surface area contributed by atoms with Crippen molar-refractivity contribution >= 4 is 17.5 Å². The van der Waals surface area contributed by atoms with Crippen molar-refractivity contribution in [2.75, 3.05) is 13.7 Å². The number of nitrogens with zero attached hydrogens (tertiary/aromatic N) is 1. The smallest absolute Gasteiger partial charge is 0.260 e. The van der Waals surface area contributed by atoms with Crippen molar-refractivity contribution in [1.82, 2.24) is 4.90 Å². The van der Waals surface area contributed by atoms with Crippen LogP contribution in [-0.4, -0.2) is 24.5 Å². The first-order valence-corrected chi connectivity index (χ1v) is 8.46. The Balaban J connectivity index is 1.97. The molecule has 3 nitrogen and oxygen atoms in total. The second-order valence-electron chi connectivity index (χ2n) is 6.36. The molecule has 0 heterocycles. The van der Waals surface area contributed by atoms with Crippen LogP contribution in [0.4, 0.5) is 0 Å². The average molecular weight is 346 g/mol. The van der Waals surface area contributed by atoms with Crippen LogP contribution >= 0.6 is 11.6 Å². The molecule has 0 atom stereocenters. The molecule has 1 amide bonds. The number of hydrogen-bond acceptors (Lipinski definition) is 2. The lowest BCUT2D eigenvalue weighted by molar-refractivity contribution is -0.132. The molecule has 128 valence electrons. The summed E-state index contributed by atoms with van der Waals surface area (Å²) in [7, 11) is 1.78. The minimum absolute atomic E-state index is 0.0350. The van der Waals surface area contributed by atoms with Gasteiger partial charge in [0.05, 0.1) is 0 Å². The summed E-state index contributed by atoms with van der Waals surface area (Å²) < 4.78 is 5.81. The zero-order chi connectivity index (χ0) is 17.7. The van der Waals surface area contributed by atoms with Gasteiger partial charge in [0, 0.05) is 18.6 Å². The molecule has 0 saturated heterocycles. The number of carbonyl (C=O) groups excluding carboxylic acids is 1. The van der Waals surface area contributed by atoms with Gasteiger partial charge in [0.25, 0.3) is 5.91 Å². The molecule has 0 aliphatic rings. The zero-order valence-corrected chi connectivity index (χ0v) is 15.4. The Bertz CT molecular complexity index is 695. The number of hydrogen-bond donors (Lipinski definition) is 0. The average Bonchev–Trinajstić information content (AvgIpc) is 2.54. The second-order valence-corrected chi connectivity index (χ2v) is 6.80. The Morgan fingerprint density at radius 2 is 1.83 bits per heavy atom. The monoisotopic (exact) mass is 345 g/mol. The molecule has 0 aromatic heterocycles. The SMILES string of the molecule is Cc1ccc(C(C)C)c(OCC(=O)N(C)Cc2ccc(Cl)cc2)c1. The van der Waals surface area contributed by atoms with Crippen LogP contribution in [0, 0.1) is 6.92 Å². The molecule has 0 fully saturated rings. The lowest BCUT2D eigenvalue weighted by Crippen LogP contribution is -2.31. The highest BCUT2D eigenvalue weighted by Crippen LogP contribution is 2.27. The highest BCUT2D eigenvalue weighted by Gasteiger charge is 2.13. The standard InChI is InChI=1S/C20H24ClNO2/c1-14(2)18-10-5-15(3)11-19(18)24-13-20(23)22(4)12-16-6-8-17(21)9-7-16/h5-11,14H,12-13H2,1-4H3. The van der Waals surface area contributed by atoms with E-state index in [-0.39, 0.29) is 12.5 Å². The molecular weight excluding hydrogens is 322 g/mol. The third-order valence-corrected chi connectivity index (χ3v) is 4.15. The van der Waals surface area contributed by atoms with E-state index in [2.05, 4.69) is 26.0 Å². The number of aryl methyl sites for hydroxylation is 1. The van der Waals surface area contributed by atoms with Gasteiger partial charge in [-0.05, 0) is 47.7 Å². The fourth-order valence-corrected chi connectivity index (χ4v) is 2.57. The first kappa shape index (κ1) is 18.3. The minimum Gasteiger partial charge on any atom is -0.483 e. The fourth-order valence-electron chi connectivity index (χ4n) is 2.45. The van der Waals surface area contributed by atoms with Gasteiger partial charge in [0.15, 0.2) is 6.61 Å². The molecule has 0 aliphatic carbocycles. The van der Waals surface area contributed by atoms with Gasteiger partial charge in [-0.25, -0.2) is 0 Å². The third kappa shape index (κ3) is 5.00. The van der Waals surface area contributed by atoms with Crippen LogP contribution in [-0.2, 0) is 11.3 Å². The number of carbonyl (C=O) groups is 1. The summed E-state index contributed by atoms with van der Waals surface area (Å²) in [5, 5.41) is 0.691. The van der Waals surface area contributed by atoms with Gasteiger partial charge >= 0.3 is 0 Å². The molecule has 2 rings (SSSR count). The van der Waals surface area contributed by atoms with Crippen molar-refractivity contribution in [2.45, 2.75) is 33.2 Å². The summed E-state index contributed by atoms with van der Waals surface area (Å²) in [6.45, 7) is 6.82. The zero-order valence-electron chi connectivity index (χ0n) is 14.7. The maximum absolute atomic E-state index is 12.3. The second kappa shape index (κ2) is 8.20. The molecule has 4 heteroatoms. The number of amides is 1. The Morgan fingerprint density at radius 1 is 1.17 bits per heavy atom. The maximum atomic E-state index is 12.3. The summed E-state index contributed by atoms with van der Waals surface area (Å²) in [6.07, 6.45) is 0. The highest BCUT2D eigenvalue weighted by atomic mass is 35.5. The van der Waals surface area contributed by atoms with E-state index in [0.717, 1.165) is 22.4 Å². The largest absolute Gasteiger partial charge is 0.483 e. The molecule has 2 aromatic rings. The maximum Gasteiger partial charge on any atom is 0.260 e. The number of rotatable bonds is 6. The van der Waals surface area contributed by atoms with E-state index in [0.29, 0.717) is 17.5 Å². The first-order valence-electron chi connectivity index (χ1n) is 8.08. The van der Waals surface area contributed by atoms with Gasteiger partial charge in [0.2, 0.25) is 0 Å². The van der Waals surface area contributed by atoms with Gasteiger partial charge in [-0.3, -0.25) is 4.79 Å². The normalized spacial score (nSPS) is 10.8. The molecule has 0 saturated carbocycles. The molecule has 0 aliphatic heterocycles. The first-order chi connectivity index (χ1) is 11.4. The van der Waals surface area contributed by atoms with E-state index in [4.69, 9.17) is 16.3 Å². The lowest BCUT2D eigenvalue weighted by atomic mass is 10.0. The fraction of sp³-hybridized carbons (Fsp3) is 0.350. The summed E-state index contributed by atoms with van der Waals surface area (Å²) >= 11 is 5.88. The summed E-state index contributed by atoms with van der Waals surface area (Å²) in [6, 6.07) is 13.6. The Morgan fingerprint density at radius 3 is 2.46 bits per heavy atom. The minimum atomic E-state index is -0.0545. The van der Waals surface area contributed by atoms with E-state index in [1.165, 1.54) is 0 Å². The number of ether oxygens (including phenoxy) is 1. The molecule has 0 radical (unpaired) electrons. The predicted molar refractivity (Wildman–Crippen MR) is 98.7 cm³/mol. The van der Waals surface area contributed by atoms with Crippen LogP contribution in [0.5, 0.6) is 5.75 Å². The van der Waals surface area contributed by atoms with Crippen LogP contribution in [0.2, 0.25) is 5.02 Å². The Labute approximate surface area is 149 Å². The van der Waals surface area contributed by atoms with E-state index >= 15 is 0 Å². The predicted octanol–water partition coefficient (Wildman–Crippen LogP) is 4.81. The molecule has 0 spiro atoms. The summed E-state index contributed by atoms with van der Waals surface area (Å²) in [4.78, 5) is 14.0. The molecule has 0 N–H and O–H groups in total. The quantitative estimate of drug-likeness (QED) is 0.752. The van der Waals surface area contributed by atoms with Crippen LogP contribution in [0.15, 0.2) is 42.5 Å². The van der Waals surface area contributed by atoms with Crippen molar-refractivity contribution in [3.63, 3.8) is 0 Å². The molecule has 0 unspecified atom stereocenters. The Hall–Kier alpha value is -2.00. The summed E-state index contributed by atoms with van der Waals surface area (Å²) in [5.41, 5.74) is 3.28. The highest BCUT2D eigenvalue weighted by molar-refractivity contribution is 6.30. The number of benzene rings is 2. The van der Waals surface area contributed by atoms with Crippen molar-refractivity contribution in [3.8, 4) is 5.75 Å². The van der Waals surface area contributed by atoms with E-state index < -0.39 is 0 Å². The number of halogens is 1. The van der Waals surface area contributed by atoms with E-state index in [1.807, 2.05) is 37.3 Å². The van der Waals surface area contributed by atoms with Gasteiger partial charge in [-0.2, -0.15) is 0 Å². The van der Waals surface area contributed by atoms with Crippen molar-refractivity contribution in [1.29, 1.82) is 0 Å². The van der Waals surface area contributed by atoms with Crippen LogP contribution in [0.25, 0.3) is 0 Å². The van der Waals surface area contributed by atoms with Crippen LogP contribution in [0.1, 0.15) is 36.5 Å². The molecular formula is C20H24ClNO2. The van der Waals surface area contributed by atoms with Crippen LogP contribution < -0.4 is 4.74 Å². The molecule has 0 bridgehead atoms. The van der Waals surface area contributed by atoms with E-state index in [1.54, 1.807) is 11.9 Å². The van der Waals surface area contributed by atoms with Gasteiger partial charge in [0.1, 0.15) is 5.75 Å². The van der Waals surface area contributed by atoms with Crippen molar-refractivity contribution in [3.05, 3.63) is 64.2 Å². The molecule has 2 aromatic carbocycles. The van der Waals surface area contributed by atoms with Crippen molar-refractivity contribution < 1.29 is 9.53 Å². The molecule has 24 heavy (non-hydrogen) atoms. The number of likely N-dealkylation sites (N-methyl/N-ethyl adjacent to an activating group) is 1. The lowest BCUT2D eigenvalue weighted by Gasteiger charge is -2.19. The van der Waals surface area contributed by atoms with E-state index in [9.17, 15) is 4.79 Å². The third-order valence-electron chi connectivity index (χ3n) is 3.90. The topological polar surface area (TPSA) is 29.5 Å². The van der Waals surface area contributed by atoms with Crippen molar-refractivity contribution in [2.24, 2.45) is 0 Å². The Kier molecular flexibility index (Phi) is 6.27.